The fraction of sp³-hybridized carbons (Fsp3) is 0. The van der Waals surface area contributed by atoms with Crippen molar-refractivity contribution in [1.82, 2.24) is 0 Å². The number of halogens is 2. The smallest absolute Gasteiger partial charge is 0.0406 e. The summed E-state index contributed by atoms with van der Waals surface area (Å²) >= 11 is 13.1. The lowest BCUT2D eigenvalue weighted by atomic mass is 9.82. The molecule has 15 aromatic carbocycles. The van der Waals surface area contributed by atoms with Crippen LogP contribution in [-0.2, 0) is 0 Å². The summed E-state index contributed by atoms with van der Waals surface area (Å²) < 4.78 is 0. The van der Waals surface area contributed by atoms with Gasteiger partial charge < -0.3 is 0 Å². The highest BCUT2D eigenvalue weighted by atomic mass is 35.5. The lowest BCUT2D eigenvalue weighted by Crippen LogP contribution is -1.93. The van der Waals surface area contributed by atoms with Crippen molar-refractivity contribution in [1.29, 1.82) is 0 Å². The lowest BCUT2D eigenvalue weighted by molar-refractivity contribution is 1.59. The average molecular weight is 948 g/mol. The monoisotopic (exact) mass is 946 g/mol. The standard InChI is InChI=1S/C70H36Cl2/c71-41-19-15-39(16-20-41)59-45-13-7-8-14-46(45)60(40-17-21-42(72)22-18-40)70-58-36-32-54-50-28-26-48-52-30-34-56-62-44(38-11-5-2-6-12-38)24-23-43(37-9-3-1-4-10-37)61(62)55-33-29-51(65(52)67(55)56)47-25-27-49(64(50)63(47)48)53-31-35-57(69(59)70)68(58)66(53)54/h1-36H. The van der Waals surface area contributed by atoms with Crippen LogP contribution in [0.4, 0.5) is 0 Å². The van der Waals surface area contributed by atoms with E-state index < -0.39 is 0 Å². The highest BCUT2D eigenvalue weighted by Gasteiger charge is 2.34. The van der Waals surface area contributed by atoms with Crippen molar-refractivity contribution in [2.75, 3.05) is 0 Å². The Morgan fingerprint density at radius 2 is 0.444 bits per heavy atom. The van der Waals surface area contributed by atoms with Crippen molar-refractivity contribution in [2.45, 2.75) is 0 Å². The minimum Gasteiger partial charge on any atom is -0.0843 e. The van der Waals surface area contributed by atoms with E-state index >= 15 is 0 Å². The molecule has 0 unspecified atom stereocenters. The lowest BCUT2D eigenvalue weighted by Gasteiger charge is -2.20. The summed E-state index contributed by atoms with van der Waals surface area (Å²) in [4.78, 5) is 0. The van der Waals surface area contributed by atoms with Crippen LogP contribution in [0.3, 0.4) is 0 Å². The molecule has 72 heavy (non-hydrogen) atoms. The van der Waals surface area contributed by atoms with Crippen molar-refractivity contribution in [2.24, 2.45) is 0 Å². The second-order valence-electron chi connectivity index (χ2n) is 19.9. The maximum absolute atomic E-state index is 6.57. The zero-order valence-corrected chi connectivity index (χ0v) is 40.1. The van der Waals surface area contributed by atoms with Gasteiger partial charge in [-0.15, -0.1) is 0 Å². The van der Waals surface area contributed by atoms with E-state index in [1.807, 2.05) is 24.3 Å². The second kappa shape index (κ2) is 14.1. The van der Waals surface area contributed by atoms with Gasteiger partial charge in [-0.05, 0) is 199 Å². The van der Waals surface area contributed by atoms with Crippen LogP contribution in [0, 0.1) is 0 Å². The number of fused-ring (bicyclic) bond motifs is 11. The Hall–Kier alpha value is -8.52. The fourth-order valence-electron chi connectivity index (χ4n) is 13.8. The Labute approximate surface area is 424 Å². The minimum atomic E-state index is 0.729. The number of benzene rings is 15. The molecule has 0 saturated heterocycles. The van der Waals surface area contributed by atoms with Gasteiger partial charge in [0, 0.05) is 10.0 Å². The van der Waals surface area contributed by atoms with Crippen LogP contribution in [0.2, 0.25) is 10.0 Å². The van der Waals surface area contributed by atoms with Gasteiger partial charge in [-0.3, -0.25) is 0 Å². The van der Waals surface area contributed by atoms with Gasteiger partial charge in [0.2, 0.25) is 0 Å². The normalized spacial score (nSPS) is 12.6. The summed E-state index contributed by atoms with van der Waals surface area (Å²) in [5, 5.41) is 22.3. The molecule has 2 aliphatic rings. The van der Waals surface area contributed by atoms with E-state index in [-0.39, 0.29) is 0 Å². The first-order valence-corrected chi connectivity index (χ1v) is 25.6. The summed E-state index contributed by atoms with van der Waals surface area (Å²) in [6.45, 7) is 0. The van der Waals surface area contributed by atoms with Crippen LogP contribution in [0.25, 0.3) is 175 Å². The summed E-state index contributed by atoms with van der Waals surface area (Å²) in [6, 6.07) is 81.3. The first kappa shape index (κ1) is 39.2. The molecule has 0 amide bonds. The van der Waals surface area contributed by atoms with Crippen LogP contribution in [0.1, 0.15) is 0 Å². The van der Waals surface area contributed by atoms with Gasteiger partial charge in [-0.25, -0.2) is 0 Å². The summed E-state index contributed by atoms with van der Waals surface area (Å²) in [5.41, 5.74) is 20.2. The van der Waals surface area contributed by atoms with Crippen molar-refractivity contribution >= 4 is 109 Å². The van der Waals surface area contributed by atoms with Gasteiger partial charge in [0.15, 0.2) is 0 Å². The van der Waals surface area contributed by atoms with Gasteiger partial charge in [-0.2, -0.15) is 0 Å². The van der Waals surface area contributed by atoms with Crippen LogP contribution >= 0.6 is 23.2 Å². The minimum absolute atomic E-state index is 0.729. The fourth-order valence-corrected chi connectivity index (χ4v) is 14.1. The van der Waals surface area contributed by atoms with Gasteiger partial charge in [0.25, 0.3) is 0 Å². The first-order chi connectivity index (χ1) is 35.6. The van der Waals surface area contributed by atoms with E-state index in [4.69, 9.17) is 23.2 Å². The Kier molecular flexibility index (Phi) is 7.67. The number of hydrogen-bond acceptors (Lipinski definition) is 0. The predicted octanol–water partition coefficient (Wildman–Crippen LogP) is 21.1. The Morgan fingerprint density at radius 3 is 0.792 bits per heavy atom. The van der Waals surface area contributed by atoms with Crippen LogP contribution in [0.5, 0.6) is 0 Å². The molecule has 0 radical (unpaired) electrons. The molecule has 15 aromatic rings. The van der Waals surface area contributed by atoms with Gasteiger partial charge in [-0.1, -0.05) is 217 Å². The molecule has 0 heterocycles. The molecule has 0 bridgehead atoms. The van der Waals surface area contributed by atoms with Crippen LogP contribution in [0.15, 0.2) is 218 Å². The van der Waals surface area contributed by atoms with Gasteiger partial charge in [0.05, 0.1) is 0 Å². The van der Waals surface area contributed by atoms with Crippen molar-refractivity contribution in [3.63, 3.8) is 0 Å². The van der Waals surface area contributed by atoms with Gasteiger partial charge in [0.1, 0.15) is 0 Å². The molecule has 2 aliphatic carbocycles. The highest BCUT2D eigenvalue weighted by Crippen LogP contribution is 2.61. The molecule has 0 spiro atoms. The van der Waals surface area contributed by atoms with E-state index in [2.05, 4.69) is 194 Å². The number of hydrogen-bond donors (Lipinski definition) is 0. The third kappa shape index (κ3) is 4.93. The molecular formula is C70H36Cl2. The summed E-state index contributed by atoms with van der Waals surface area (Å²) in [6.07, 6.45) is 0. The summed E-state index contributed by atoms with van der Waals surface area (Å²) in [5.74, 6) is 0. The van der Waals surface area contributed by atoms with E-state index in [0.717, 1.165) is 21.2 Å². The second-order valence-corrected chi connectivity index (χ2v) is 20.8. The molecule has 17 rings (SSSR count). The molecule has 0 atom stereocenters. The maximum atomic E-state index is 6.57. The Bertz CT molecular complexity index is 4580. The van der Waals surface area contributed by atoms with E-state index in [0.29, 0.717) is 0 Å². The molecule has 0 fully saturated rings. The third-order valence-corrected chi connectivity index (χ3v) is 17.1. The molecule has 2 heteroatoms. The first-order valence-electron chi connectivity index (χ1n) is 24.8. The molecule has 0 saturated carbocycles. The van der Waals surface area contributed by atoms with E-state index in [1.54, 1.807) is 0 Å². The van der Waals surface area contributed by atoms with Crippen LogP contribution in [-0.4, -0.2) is 0 Å². The third-order valence-electron chi connectivity index (χ3n) is 16.6. The van der Waals surface area contributed by atoms with E-state index in [9.17, 15) is 0 Å². The largest absolute Gasteiger partial charge is 0.0843 e. The molecule has 330 valence electrons. The van der Waals surface area contributed by atoms with Crippen molar-refractivity contribution < 1.29 is 0 Å². The maximum Gasteiger partial charge on any atom is 0.0406 e. The predicted molar refractivity (Wildman–Crippen MR) is 309 cm³/mol. The Morgan fingerprint density at radius 1 is 0.167 bits per heavy atom. The Balaban J connectivity index is 0.957. The molecular weight excluding hydrogens is 912 g/mol. The molecule has 0 nitrogen and oxygen atoms in total. The van der Waals surface area contributed by atoms with E-state index in [1.165, 1.54) is 164 Å². The molecule has 0 aromatic heterocycles. The van der Waals surface area contributed by atoms with Gasteiger partial charge >= 0.3 is 0 Å². The molecule has 0 aliphatic heterocycles. The zero-order valence-electron chi connectivity index (χ0n) is 38.5. The highest BCUT2D eigenvalue weighted by molar-refractivity contribution is 6.46. The van der Waals surface area contributed by atoms with Crippen LogP contribution < -0.4 is 0 Å². The SMILES string of the molecule is Clc1ccc(-c2c3c(c(-c4ccc(Cl)cc4)c4ccccc24)-c2ccc4c5ccc6c7ccc8c9c(ccc(c%10ccc(c%11ccc-3c2c%114)c5c%106)c97)-c2c(-c3ccccc3)ccc(-c3ccccc3)c2-8)cc1. The molecule has 0 N–H and O–H groups in total. The topological polar surface area (TPSA) is 0 Å². The van der Waals surface area contributed by atoms with Crippen molar-refractivity contribution in [3.05, 3.63) is 228 Å². The van der Waals surface area contributed by atoms with Crippen molar-refractivity contribution in [3.8, 4) is 89.0 Å². The quantitative estimate of drug-likeness (QED) is 0.122. The number of rotatable bonds is 4. The average Bonchev–Trinajstić information content (AvgIpc) is 3.96. The zero-order chi connectivity index (χ0) is 47.1. The summed E-state index contributed by atoms with van der Waals surface area (Å²) in [7, 11) is 0.